The standard InChI is InChI=1S/C23H37N3O2/c1-19(2)28-22-10-6-5-9-21(22)17-24-23(27)26-15-11-20(12-16-26)18-25-13-7-3-4-8-14-25/h5-6,9-10,19-20H,3-4,7-8,11-18H2,1-2H3,(H,24,27). The van der Waals surface area contributed by atoms with Crippen LogP contribution >= 0.6 is 0 Å². The Bertz CT molecular complexity index is 604. The van der Waals surface area contributed by atoms with Crippen LogP contribution in [0, 0.1) is 5.92 Å². The van der Waals surface area contributed by atoms with Crippen LogP contribution in [0.5, 0.6) is 5.75 Å². The van der Waals surface area contributed by atoms with Gasteiger partial charge in [-0.1, -0.05) is 31.0 Å². The number of nitrogens with one attached hydrogen (secondary N) is 1. The molecule has 2 aliphatic heterocycles. The first-order valence-electron chi connectivity index (χ1n) is 11.1. The molecular weight excluding hydrogens is 350 g/mol. The molecule has 28 heavy (non-hydrogen) atoms. The number of para-hydroxylation sites is 1. The molecule has 3 rings (SSSR count). The number of likely N-dealkylation sites (tertiary alicyclic amines) is 2. The van der Waals surface area contributed by atoms with Gasteiger partial charge in [0.1, 0.15) is 5.75 Å². The maximum Gasteiger partial charge on any atom is 0.317 e. The summed E-state index contributed by atoms with van der Waals surface area (Å²) in [7, 11) is 0. The van der Waals surface area contributed by atoms with Crippen molar-refractivity contribution < 1.29 is 9.53 Å². The van der Waals surface area contributed by atoms with E-state index in [9.17, 15) is 4.79 Å². The summed E-state index contributed by atoms with van der Waals surface area (Å²) in [5, 5.41) is 3.08. The summed E-state index contributed by atoms with van der Waals surface area (Å²) in [5.74, 6) is 1.59. The molecule has 0 spiro atoms. The molecule has 0 aromatic heterocycles. The SMILES string of the molecule is CC(C)Oc1ccccc1CNC(=O)N1CCC(CN2CCCCCC2)CC1. The number of rotatable bonds is 6. The minimum absolute atomic E-state index is 0.0487. The normalized spacial score (nSPS) is 19.5. The van der Waals surface area contributed by atoms with E-state index >= 15 is 0 Å². The minimum atomic E-state index is 0.0487. The molecule has 2 saturated heterocycles. The first-order valence-corrected chi connectivity index (χ1v) is 11.1. The molecule has 0 aliphatic carbocycles. The Kier molecular flexibility index (Phi) is 8.01. The second-order valence-corrected chi connectivity index (χ2v) is 8.58. The Morgan fingerprint density at radius 2 is 1.75 bits per heavy atom. The number of benzene rings is 1. The van der Waals surface area contributed by atoms with Crippen LogP contribution in [0.2, 0.25) is 0 Å². The maximum absolute atomic E-state index is 12.6. The first kappa shape index (κ1) is 21.0. The van der Waals surface area contributed by atoms with Crippen molar-refractivity contribution in [1.29, 1.82) is 0 Å². The van der Waals surface area contributed by atoms with Gasteiger partial charge in [-0.05, 0) is 64.6 Å². The van der Waals surface area contributed by atoms with Gasteiger partial charge >= 0.3 is 6.03 Å². The number of nitrogens with zero attached hydrogens (tertiary/aromatic N) is 2. The highest BCUT2D eigenvalue weighted by atomic mass is 16.5. The molecule has 0 saturated carbocycles. The molecule has 1 aromatic carbocycles. The van der Waals surface area contributed by atoms with Crippen LogP contribution in [-0.2, 0) is 6.54 Å². The average Bonchev–Trinajstić information content (AvgIpc) is 2.96. The number of hydrogen-bond acceptors (Lipinski definition) is 3. The maximum atomic E-state index is 12.6. The van der Waals surface area contributed by atoms with E-state index in [0.717, 1.165) is 43.2 Å². The molecule has 2 heterocycles. The first-order chi connectivity index (χ1) is 13.6. The second-order valence-electron chi connectivity index (χ2n) is 8.58. The van der Waals surface area contributed by atoms with Crippen LogP contribution in [-0.4, -0.2) is 54.7 Å². The largest absolute Gasteiger partial charge is 0.491 e. The molecule has 5 heteroatoms. The summed E-state index contributed by atoms with van der Waals surface area (Å²) < 4.78 is 5.85. The van der Waals surface area contributed by atoms with E-state index < -0.39 is 0 Å². The van der Waals surface area contributed by atoms with E-state index in [2.05, 4.69) is 10.2 Å². The zero-order chi connectivity index (χ0) is 19.8. The van der Waals surface area contributed by atoms with Gasteiger partial charge in [0.15, 0.2) is 0 Å². The molecule has 2 amide bonds. The molecule has 156 valence electrons. The number of carbonyl (C=O) groups excluding carboxylic acids is 1. The van der Waals surface area contributed by atoms with Gasteiger partial charge in [-0.15, -0.1) is 0 Å². The van der Waals surface area contributed by atoms with Crippen molar-refractivity contribution in [3.05, 3.63) is 29.8 Å². The Morgan fingerprint density at radius 3 is 2.43 bits per heavy atom. The fraction of sp³-hybridized carbons (Fsp3) is 0.696. The lowest BCUT2D eigenvalue weighted by Gasteiger charge is -2.34. The molecule has 0 bridgehead atoms. The third-order valence-electron chi connectivity index (χ3n) is 5.88. The van der Waals surface area contributed by atoms with E-state index in [4.69, 9.17) is 4.74 Å². The Labute approximate surface area is 170 Å². The lowest BCUT2D eigenvalue weighted by Crippen LogP contribution is -2.45. The van der Waals surface area contributed by atoms with E-state index in [0.29, 0.717) is 6.54 Å². The monoisotopic (exact) mass is 387 g/mol. The summed E-state index contributed by atoms with van der Waals surface area (Å²) in [6.07, 6.45) is 7.85. The van der Waals surface area contributed by atoms with Crippen LogP contribution in [0.3, 0.4) is 0 Å². The predicted molar refractivity (Wildman–Crippen MR) is 114 cm³/mol. The summed E-state index contributed by atoms with van der Waals surface area (Å²) in [6.45, 7) is 10.0. The van der Waals surface area contributed by atoms with Crippen molar-refractivity contribution in [3.63, 3.8) is 0 Å². The molecule has 0 atom stereocenters. The van der Waals surface area contributed by atoms with Gasteiger partial charge < -0.3 is 19.9 Å². The van der Waals surface area contributed by atoms with Gasteiger partial charge in [0.25, 0.3) is 0 Å². The highest BCUT2D eigenvalue weighted by Crippen LogP contribution is 2.22. The number of amides is 2. The van der Waals surface area contributed by atoms with Crippen LogP contribution in [0.25, 0.3) is 0 Å². The number of hydrogen-bond donors (Lipinski definition) is 1. The topological polar surface area (TPSA) is 44.8 Å². The molecule has 2 fully saturated rings. The zero-order valence-corrected chi connectivity index (χ0v) is 17.7. The Hall–Kier alpha value is -1.75. The summed E-state index contributed by atoms with van der Waals surface area (Å²) in [5.41, 5.74) is 1.03. The number of carbonyl (C=O) groups is 1. The average molecular weight is 388 g/mol. The van der Waals surface area contributed by atoms with E-state index in [-0.39, 0.29) is 12.1 Å². The lowest BCUT2D eigenvalue weighted by atomic mass is 9.96. The quantitative estimate of drug-likeness (QED) is 0.793. The Balaban J connectivity index is 1.42. The van der Waals surface area contributed by atoms with Crippen LogP contribution in [0.4, 0.5) is 4.79 Å². The van der Waals surface area contributed by atoms with Crippen molar-refractivity contribution in [2.75, 3.05) is 32.7 Å². The summed E-state index contributed by atoms with van der Waals surface area (Å²) in [6, 6.07) is 8.00. The fourth-order valence-corrected chi connectivity index (χ4v) is 4.30. The molecule has 0 radical (unpaired) electrons. The zero-order valence-electron chi connectivity index (χ0n) is 17.7. The van der Waals surface area contributed by atoms with Crippen molar-refractivity contribution in [2.24, 2.45) is 5.92 Å². The van der Waals surface area contributed by atoms with E-state index in [1.165, 1.54) is 45.3 Å². The fourth-order valence-electron chi connectivity index (χ4n) is 4.30. The summed E-state index contributed by atoms with van der Waals surface area (Å²) >= 11 is 0. The number of ether oxygens (including phenoxy) is 1. The molecule has 0 unspecified atom stereocenters. The molecule has 1 N–H and O–H groups in total. The molecule has 1 aromatic rings. The van der Waals surface area contributed by atoms with Crippen LogP contribution in [0.15, 0.2) is 24.3 Å². The highest BCUT2D eigenvalue weighted by molar-refractivity contribution is 5.74. The highest BCUT2D eigenvalue weighted by Gasteiger charge is 2.24. The van der Waals surface area contributed by atoms with Crippen molar-refractivity contribution in [2.45, 2.75) is 65.0 Å². The number of piperidine rings is 1. The van der Waals surface area contributed by atoms with Gasteiger partial charge in [0, 0.05) is 31.7 Å². The molecular formula is C23H37N3O2. The smallest absolute Gasteiger partial charge is 0.317 e. The van der Waals surface area contributed by atoms with Gasteiger partial charge in [0.05, 0.1) is 6.10 Å². The molecule has 2 aliphatic rings. The summed E-state index contributed by atoms with van der Waals surface area (Å²) in [4.78, 5) is 17.2. The van der Waals surface area contributed by atoms with E-state index in [1.54, 1.807) is 0 Å². The van der Waals surface area contributed by atoms with Gasteiger partial charge in [-0.25, -0.2) is 4.79 Å². The minimum Gasteiger partial charge on any atom is -0.491 e. The third-order valence-corrected chi connectivity index (χ3v) is 5.88. The van der Waals surface area contributed by atoms with Gasteiger partial charge in [-0.2, -0.15) is 0 Å². The van der Waals surface area contributed by atoms with Crippen molar-refractivity contribution in [1.82, 2.24) is 15.1 Å². The molecule has 5 nitrogen and oxygen atoms in total. The van der Waals surface area contributed by atoms with Crippen LogP contribution in [0.1, 0.15) is 57.9 Å². The van der Waals surface area contributed by atoms with Crippen LogP contribution < -0.4 is 10.1 Å². The third kappa shape index (κ3) is 6.40. The van der Waals surface area contributed by atoms with Crippen molar-refractivity contribution in [3.8, 4) is 5.75 Å². The predicted octanol–water partition coefficient (Wildman–Crippen LogP) is 4.27. The second kappa shape index (κ2) is 10.7. The van der Waals surface area contributed by atoms with E-state index in [1.807, 2.05) is 43.0 Å². The van der Waals surface area contributed by atoms with Crippen molar-refractivity contribution >= 4 is 6.03 Å². The Morgan fingerprint density at radius 1 is 1.07 bits per heavy atom. The van der Waals surface area contributed by atoms with Gasteiger partial charge in [0.2, 0.25) is 0 Å². The number of urea groups is 1. The lowest BCUT2D eigenvalue weighted by molar-refractivity contribution is 0.147. The van der Waals surface area contributed by atoms with Gasteiger partial charge in [-0.3, -0.25) is 0 Å².